The molecule has 0 fully saturated rings. The van der Waals surface area contributed by atoms with Crippen LogP contribution in [0.25, 0.3) is 10.6 Å². The molecule has 0 amide bonds. The van der Waals surface area contributed by atoms with Crippen LogP contribution in [0.5, 0.6) is 5.75 Å². The first-order chi connectivity index (χ1) is 9.19. The number of phenols is 1. The molecule has 1 heterocycles. The Balaban J connectivity index is 2.02. The van der Waals surface area contributed by atoms with Gasteiger partial charge in [-0.3, -0.25) is 0 Å². The zero-order valence-electron chi connectivity index (χ0n) is 10.6. The fourth-order valence-corrected chi connectivity index (χ4v) is 3.80. The number of aromatic hydroxyl groups is 1. The van der Waals surface area contributed by atoms with Crippen LogP contribution in [0.15, 0.2) is 18.2 Å². The second-order valence-corrected chi connectivity index (χ2v) is 6.22. The maximum Gasteiger partial charge on any atom is 0.134 e. The Morgan fingerprint density at radius 3 is 3.05 bits per heavy atom. The zero-order valence-corrected chi connectivity index (χ0v) is 12.2. The molecule has 1 unspecified atom stereocenters. The standard InChI is InChI=1S/C14H15ClN2OS/c1-16-10-3-2-4-12-13(10)17-14(19-12)8-5-6-11(18)9(15)7-8/h5-7,10,16,18H,2-4H2,1H3. The van der Waals surface area contributed by atoms with E-state index < -0.39 is 0 Å². The lowest BCUT2D eigenvalue weighted by Crippen LogP contribution is -2.21. The molecule has 3 rings (SSSR count). The van der Waals surface area contributed by atoms with Crippen molar-refractivity contribution >= 4 is 22.9 Å². The van der Waals surface area contributed by atoms with E-state index >= 15 is 0 Å². The van der Waals surface area contributed by atoms with E-state index in [0.29, 0.717) is 11.1 Å². The van der Waals surface area contributed by atoms with E-state index in [0.717, 1.165) is 23.4 Å². The first-order valence-corrected chi connectivity index (χ1v) is 7.54. The number of benzene rings is 1. The highest BCUT2D eigenvalue weighted by atomic mass is 35.5. The van der Waals surface area contributed by atoms with Crippen molar-refractivity contribution in [3.05, 3.63) is 33.8 Å². The molecule has 2 aromatic rings. The Hall–Kier alpha value is -1.10. The summed E-state index contributed by atoms with van der Waals surface area (Å²) < 4.78 is 0. The summed E-state index contributed by atoms with van der Waals surface area (Å²) in [5.41, 5.74) is 2.15. The molecule has 0 saturated carbocycles. The summed E-state index contributed by atoms with van der Waals surface area (Å²) in [6.45, 7) is 0. The topological polar surface area (TPSA) is 45.1 Å². The third kappa shape index (κ3) is 2.36. The van der Waals surface area contributed by atoms with E-state index in [4.69, 9.17) is 16.6 Å². The molecule has 0 bridgehead atoms. The minimum atomic E-state index is 0.111. The molecule has 1 atom stereocenters. The number of thiazole rings is 1. The lowest BCUT2D eigenvalue weighted by Gasteiger charge is -2.19. The molecular weight excluding hydrogens is 280 g/mol. The molecule has 0 spiro atoms. The fraction of sp³-hybridized carbons (Fsp3) is 0.357. The summed E-state index contributed by atoms with van der Waals surface area (Å²) in [6, 6.07) is 5.62. The number of nitrogens with zero attached hydrogens (tertiary/aromatic N) is 1. The second-order valence-electron chi connectivity index (χ2n) is 4.73. The number of hydrogen-bond acceptors (Lipinski definition) is 4. The SMILES string of the molecule is CNC1CCCc2sc(-c3ccc(O)c(Cl)c3)nc21. The van der Waals surface area contributed by atoms with Crippen molar-refractivity contribution in [2.45, 2.75) is 25.3 Å². The first kappa shape index (κ1) is 12.9. The molecule has 0 saturated heterocycles. The van der Waals surface area contributed by atoms with E-state index in [1.54, 1.807) is 23.5 Å². The Kier molecular flexibility index (Phi) is 3.48. The number of aromatic nitrogens is 1. The molecule has 19 heavy (non-hydrogen) atoms. The molecule has 2 N–H and O–H groups in total. The maximum absolute atomic E-state index is 9.47. The van der Waals surface area contributed by atoms with Crippen LogP contribution >= 0.6 is 22.9 Å². The quantitative estimate of drug-likeness (QED) is 0.886. The van der Waals surface area contributed by atoms with Crippen molar-refractivity contribution in [2.75, 3.05) is 7.05 Å². The van der Waals surface area contributed by atoms with Crippen LogP contribution in [-0.2, 0) is 6.42 Å². The van der Waals surface area contributed by atoms with Gasteiger partial charge in [0.2, 0.25) is 0 Å². The molecule has 1 aliphatic rings. The highest BCUT2D eigenvalue weighted by Gasteiger charge is 2.23. The second kappa shape index (κ2) is 5.12. The van der Waals surface area contributed by atoms with Crippen molar-refractivity contribution in [2.24, 2.45) is 0 Å². The number of hydrogen-bond donors (Lipinski definition) is 2. The van der Waals surface area contributed by atoms with Gasteiger partial charge in [0, 0.05) is 10.4 Å². The van der Waals surface area contributed by atoms with Gasteiger partial charge in [0.25, 0.3) is 0 Å². The van der Waals surface area contributed by atoms with Crippen LogP contribution in [0, 0.1) is 0 Å². The summed E-state index contributed by atoms with van der Waals surface area (Å²) >= 11 is 7.69. The number of nitrogens with one attached hydrogen (secondary N) is 1. The third-order valence-corrected chi connectivity index (χ3v) is 4.98. The fourth-order valence-electron chi connectivity index (χ4n) is 2.46. The number of halogens is 1. The molecule has 5 heteroatoms. The number of rotatable bonds is 2. The first-order valence-electron chi connectivity index (χ1n) is 6.35. The summed E-state index contributed by atoms with van der Waals surface area (Å²) in [5.74, 6) is 0.111. The summed E-state index contributed by atoms with van der Waals surface area (Å²) in [4.78, 5) is 6.13. The molecule has 100 valence electrons. The lowest BCUT2D eigenvalue weighted by molar-refractivity contribution is 0.475. The van der Waals surface area contributed by atoms with Crippen LogP contribution in [0.2, 0.25) is 5.02 Å². The number of aryl methyl sites for hydroxylation is 1. The van der Waals surface area contributed by atoms with Crippen LogP contribution < -0.4 is 5.32 Å². The summed E-state index contributed by atoms with van der Waals surface area (Å²) in [5, 5.41) is 14.1. The molecule has 1 aromatic heterocycles. The predicted octanol–water partition coefficient (Wildman–Crippen LogP) is 3.77. The Morgan fingerprint density at radius 2 is 2.32 bits per heavy atom. The van der Waals surface area contributed by atoms with Crippen LogP contribution in [-0.4, -0.2) is 17.1 Å². The molecule has 0 radical (unpaired) electrons. The van der Waals surface area contributed by atoms with E-state index in [-0.39, 0.29) is 5.75 Å². The van der Waals surface area contributed by atoms with Crippen LogP contribution in [0.4, 0.5) is 0 Å². The van der Waals surface area contributed by atoms with E-state index in [9.17, 15) is 5.11 Å². The van der Waals surface area contributed by atoms with Gasteiger partial charge in [0.05, 0.1) is 16.8 Å². The molecule has 3 nitrogen and oxygen atoms in total. The monoisotopic (exact) mass is 294 g/mol. The van der Waals surface area contributed by atoms with Gasteiger partial charge in [-0.2, -0.15) is 0 Å². The number of fused-ring (bicyclic) bond motifs is 1. The van der Waals surface area contributed by atoms with Gasteiger partial charge in [0.15, 0.2) is 0 Å². The molecule has 0 aliphatic heterocycles. The van der Waals surface area contributed by atoms with Gasteiger partial charge in [-0.1, -0.05) is 11.6 Å². The van der Waals surface area contributed by atoms with Crippen molar-refractivity contribution in [3.63, 3.8) is 0 Å². The van der Waals surface area contributed by atoms with Gasteiger partial charge in [-0.05, 0) is 44.5 Å². The molecular formula is C14H15ClN2OS. The zero-order chi connectivity index (χ0) is 13.4. The van der Waals surface area contributed by atoms with Gasteiger partial charge >= 0.3 is 0 Å². The van der Waals surface area contributed by atoms with Crippen molar-refractivity contribution < 1.29 is 5.11 Å². The Morgan fingerprint density at radius 1 is 1.47 bits per heavy atom. The van der Waals surface area contributed by atoms with Gasteiger partial charge in [-0.15, -0.1) is 11.3 Å². The Labute approximate surface area is 121 Å². The smallest absolute Gasteiger partial charge is 0.134 e. The van der Waals surface area contributed by atoms with E-state index in [1.807, 2.05) is 13.1 Å². The van der Waals surface area contributed by atoms with E-state index in [1.165, 1.54) is 17.0 Å². The maximum atomic E-state index is 9.47. The van der Waals surface area contributed by atoms with Crippen molar-refractivity contribution in [3.8, 4) is 16.3 Å². The molecule has 1 aromatic carbocycles. The minimum Gasteiger partial charge on any atom is -0.506 e. The van der Waals surface area contributed by atoms with Gasteiger partial charge in [-0.25, -0.2) is 4.98 Å². The average molecular weight is 295 g/mol. The van der Waals surface area contributed by atoms with Crippen LogP contribution in [0.3, 0.4) is 0 Å². The summed E-state index contributed by atoms with van der Waals surface area (Å²) in [7, 11) is 1.98. The highest BCUT2D eigenvalue weighted by molar-refractivity contribution is 7.15. The van der Waals surface area contributed by atoms with Crippen molar-refractivity contribution in [1.82, 2.24) is 10.3 Å². The van der Waals surface area contributed by atoms with Crippen LogP contribution in [0.1, 0.15) is 29.5 Å². The lowest BCUT2D eigenvalue weighted by atomic mass is 9.98. The van der Waals surface area contributed by atoms with E-state index in [2.05, 4.69) is 5.32 Å². The van der Waals surface area contributed by atoms with Gasteiger partial charge < -0.3 is 10.4 Å². The van der Waals surface area contributed by atoms with Gasteiger partial charge in [0.1, 0.15) is 10.8 Å². The molecule has 1 aliphatic carbocycles. The minimum absolute atomic E-state index is 0.111. The third-order valence-electron chi connectivity index (χ3n) is 3.50. The average Bonchev–Trinajstić information content (AvgIpc) is 2.85. The summed E-state index contributed by atoms with van der Waals surface area (Å²) in [6.07, 6.45) is 3.45. The Bertz CT molecular complexity index is 611. The number of phenolic OH excluding ortho intramolecular Hbond substituents is 1. The predicted molar refractivity (Wildman–Crippen MR) is 79.0 cm³/mol. The van der Waals surface area contributed by atoms with Crippen molar-refractivity contribution in [1.29, 1.82) is 0 Å². The highest BCUT2D eigenvalue weighted by Crippen LogP contribution is 2.38. The normalized spacial score (nSPS) is 18.3. The largest absolute Gasteiger partial charge is 0.506 e.